The number of ether oxygens (including phenoxy) is 2. The van der Waals surface area contributed by atoms with Gasteiger partial charge >= 0.3 is 11.9 Å². The van der Waals surface area contributed by atoms with Gasteiger partial charge in [-0.1, -0.05) is 36.4 Å². The second-order valence-corrected chi connectivity index (χ2v) is 4.42. The number of carbonyl (C=O) groups is 2. The Morgan fingerprint density at radius 2 is 1.80 bits per heavy atom. The highest BCUT2D eigenvalue weighted by molar-refractivity contribution is 5.89. The first-order valence-electron chi connectivity index (χ1n) is 6.47. The summed E-state index contributed by atoms with van der Waals surface area (Å²) >= 11 is 0. The van der Waals surface area contributed by atoms with E-state index < -0.39 is 11.9 Å². The molecule has 0 amide bonds. The van der Waals surface area contributed by atoms with Gasteiger partial charge in [0.1, 0.15) is 0 Å². The van der Waals surface area contributed by atoms with Gasteiger partial charge in [-0.3, -0.25) is 4.79 Å². The fraction of sp³-hybridized carbons (Fsp3) is 0.375. The highest BCUT2D eigenvalue weighted by Crippen LogP contribution is 2.19. The molecule has 0 radical (unpaired) electrons. The van der Waals surface area contributed by atoms with Crippen molar-refractivity contribution < 1.29 is 19.1 Å². The first-order valence-corrected chi connectivity index (χ1v) is 6.47. The monoisotopic (exact) mass is 276 g/mol. The van der Waals surface area contributed by atoms with E-state index in [0.29, 0.717) is 18.4 Å². The van der Waals surface area contributed by atoms with Crippen molar-refractivity contribution in [2.45, 2.75) is 19.8 Å². The van der Waals surface area contributed by atoms with Crippen LogP contribution in [-0.2, 0) is 25.5 Å². The normalized spacial score (nSPS) is 12.7. The third-order valence-corrected chi connectivity index (χ3v) is 3.12. The Bertz CT molecular complexity index is 477. The molecule has 108 valence electrons. The van der Waals surface area contributed by atoms with Crippen molar-refractivity contribution >= 4 is 11.9 Å². The predicted molar refractivity (Wildman–Crippen MR) is 76.0 cm³/mol. The van der Waals surface area contributed by atoms with E-state index in [-0.39, 0.29) is 5.97 Å². The molecule has 1 atom stereocenters. The minimum absolute atomic E-state index is 0.310. The van der Waals surface area contributed by atoms with E-state index in [1.54, 1.807) is 13.0 Å². The maximum Gasteiger partial charge on any atom is 0.333 e. The molecule has 4 heteroatoms. The number of rotatable bonds is 6. The smallest absolute Gasteiger partial charge is 0.333 e. The molecule has 0 aromatic heterocycles. The molecule has 20 heavy (non-hydrogen) atoms. The molecular weight excluding hydrogens is 256 g/mol. The molecule has 0 spiro atoms. The van der Waals surface area contributed by atoms with E-state index >= 15 is 0 Å². The van der Waals surface area contributed by atoms with E-state index in [1.807, 2.05) is 30.3 Å². The largest absolute Gasteiger partial charge is 0.469 e. The van der Waals surface area contributed by atoms with Crippen molar-refractivity contribution in [3.63, 3.8) is 0 Å². The summed E-state index contributed by atoms with van der Waals surface area (Å²) in [6.45, 7) is 1.75. The molecule has 0 saturated heterocycles. The van der Waals surface area contributed by atoms with Crippen LogP contribution in [0.4, 0.5) is 0 Å². The molecule has 1 rings (SSSR count). The van der Waals surface area contributed by atoms with Gasteiger partial charge < -0.3 is 9.47 Å². The molecule has 0 N–H and O–H groups in total. The lowest BCUT2D eigenvalue weighted by Crippen LogP contribution is -2.21. The molecule has 0 aliphatic rings. The van der Waals surface area contributed by atoms with Crippen LogP contribution in [0.3, 0.4) is 0 Å². The molecule has 0 bridgehead atoms. The molecular formula is C16H20O4. The van der Waals surface area contributed by atoms with Gasteiger partial charge in [0.15, 0.2) is 0 Å². The molecule has 0 aliphatic carbocycles. The second-order valence-electron chi connectivity index (χ2n) is 4.42. The van der Waals surface area contributed by atoms with Crippen LogP contribution in [0, 0.1) is 5.92 Å². The zero-order chi connectivity index (χ0) is 15.0. The van der Waals surface area contributed by atoms with Crippen LogP contribution >= 0.6 is 0 Å². The van der Waals surface area contributed by atoms with Gasteiger partial charge in [-0.25, -0.2) is 4.79 Å². The van der Waals surface area contributed by atoms with Crippen molar-refractivity contribution in [3.8, 4) is 0 Å². The van der Waals surface area contributed by atoms with Gasteiger partial charge in [-0.05, 0) is 25.3 Å². The van der Waals surface area contributed by atoms with Gasteiger partial charge in [-0.15, -0.1) is 0 Å². The molecule has 1 aromatic rings. The minimum atomic E-state index is -0.408. The summed E-state index contributed by atoms with van der Waals surface area (Å²) in [5.74, 6) is -1.13. The summed E-state index contributed by atoms with van der Waals surface area (Å²) in [5, 5.41) is 0. The third-order valence-electron chi connectivity index (χ3n) is 3.12. The van der Waals surface area contributed by atoms with Crippen molar-refractivity contribution in [1.29, 1.82) is 0 Å². The van der Waals surface area contributed by atoms with Crippen LogP contribution in [-0.4, -0.2) is 26.2 Å². The second kappa shape index (κ2) is 8.15. The van der Waals surface area contributed by atoms with Crippen molar-refractivity contribution in [2.75, 3.05) is 14.2 Å². The maximum absolute atomic E-state index is 11.9. The number of hydrogen-bond acceptors (Lipinski definition) is 4. The predicted octanol–water partition coefficient (Wildman–Crippen LogP) is 2.53. The van der Waals surface area contributed by atoms with E-state index in [2.05, 4.69) is 0 Å². The quantitative estimate of drug-likeness (QED) is 0.592. The van der Waals surface area contributed by atoms with Crippen molar-refractivity contribution in [3.05, 3.63) is 47.5 Å². The molecule has 4 nitrogen and oxygen atoms in total. The molecule has 0 fully saturated rings. The number of esters is 2. The van der Waals surface area contributed by atoms with Crippen molar-refractivity contribution in [2.24, 2.45) is 5.92 Å². The summed E-state index contributed by atoms with van der Waals surface area (Å²) in [4.78, 5) is 23.5. The highest BCUT2D eigenvalue weighted by atomic mass is 16.5. The topological polar surface area (TPSA) is 52.6 Å². The number of methoxy groups -OCH3 is 2. The molecule has 0 unspecified atom stereocenters. The lowest BCUT2D eigenvalue weighted by atomic mass is 9.92. The van der Waals surface area contributed by atoms with Crippen LogP contribution in [0.5, 0.6) is 0 Å². The molecule has 0 heterocycles. The maximum atomic E-state index is 11.9. The molecule has 1 aromatic carbocycles. The Morgan fingerprint density at radius 3 is 2.30 bits per heavy atom. The van der Waals surface area contributed by atoms with E-state index in [4.69, 9.17) is 9.47 Å². The van der Waals surface area contributed by atoms with Gasteiger partial charge in [0.2, 0.25) is 0 Å². The summed E-state index contributed by atoms with van der Waals surface area (Å²) in [6.07, 6.45) is 2.51. The summed E-state index contributed by atoms with van der Waals surface area (Å²) in [6, 6.07) is 9.65. The number of allylic oxidation sites excluding steroid dienone is 1. The van der Waals surface area contributed by atoms with Gasteiger partial charge in [-0.2, -0.15) is 0 Å². The van der Waals surface area contributed by atoms with Crippen LogP contribution in [0.1, 0.15) is 18.9 Å². The van der Waals surface area contributed by atoms with E-state index in [0.717, 1.165) is 5.56 Å². The lowest BCUT2D eigenvalue weighted by Gasteiger charge is -2.15. The van der Waals surface area contributed by atoms with Crippen molar-refractivity contribution in [1.82, 2.24) is 0 Å². The first kappa shape index (κ1) is 16.0. The van der Waals surface area contributed by atoms with Crippen LogP contribution < -0.4 is 0 Å². The Hall–Kier alpha value is -2.10. The lowest BCUT2D eigenvalue weighted by molar-refractivity contribution is -0.145. The average molecular weight is 276 g/mol. The Morgan fingerprint density at radius 1 is 1.15 bits per heavy atom. The van der Waals surface area contributed by atoms with E-state index in [1.165, 1.54) is 14.2 Å². The van der Waals surface area contributed by atoms with Crippen LogP contribution in [0.2, 0.25) is 0 Å². The summed E-state index contributed by atoms with van der Waals surface area (Å²) in [5.41, 5.74) is 1.52. The first-order chi connectivity index (χ1) is 9.62. The number of hydrogen-bond donors (Lipinski definition) is 0. The van der Waals surface area contributed by atoms with Gasteiger partial charge in [0.25, 0.3) is 0 Å². The molecule has 0 aliphatic heterocycles. The number of benzene rings is 1. The Balaban J connectivity index is 2.85. The summed E-state index contributed by atoms with van der Waals surface area (Å²) in [7, 11) is 2.68. The van der Waals surface area contributed by atoms with Crippen LogP contribution in [0.25, 0.3) is 0 Å². The third kappa shape index (κ3) is 4.53. The van der Waals surface area contributed by atoms with Gasteiger partial charge in [0, 0.05) is 5.57 Å². The van der Waals surface area contributed by atoms with Gasteiger partial charge in [0.05, 0.1) is 20.1 Å². The Kier molecular flexibility index (Phi) is 6.50. The van der Waals surface area contributed by atoms with Crippen LogP contribution in [0.15, 0.2) is 42.0 Å². The summed E-state index contributed by atoms with van der Waals surface area (Å²) < 4.78 is 9.53. The van der Waals surface area contributed by atoms with E-state index in [9.17, 15) is 9.59 Å². The minimum Gasteiger partial charge on any atom is -0.469 e. The average Bonchev–Trinajstić information content (AvgIpc) is 2.50. The standard InChI is InChI=1S/C16H20O4/c1-4-13(15(17)19-2)11-14(16(18)20-3)10-12-8-6-5-7-9-12/h4-9,14H,10-11H2,1-3H3/b13-4-/t14-/m1/s1. The fourth-order valence-corrected chi connectivity index (χ4v) is 2.02. The Labute approximate surface area is 119 Å². The fourth-order valence-electron chi connectivity index (χ4n) is 2.02. The number of carbonyl (C=O) groups excluding carboxylic acids is 2. The zero-order valence-corrected chi connectivity index (χ0v) is 12.1. The highest BCUT2D eigenvalue weighted by Gasteiger charge is 2.23. The zero-order valence-electron chi connectivity index (χ0n) is 12.1. The SMILES string of the molecule is C/C=C(/C[C@@H](Cc1ccccc1)C(=O)OC)C(=O)OC. The molecule has 0 saturated carbocycles.